The zero-order valence-corrected chi connectivity index (χ0v) is 15.9. The first-order valence-electron chi connectivity index (χ1n) is 8.18. The molecule has 0 aliphatic carbocycles. The molecule has 0 saturated carbocycles. The predicted octanol–water partition coefficient (Wildman–Crippen LogP) is -5.20. The van der Waals surface area contributed by atoms with E-state index in [1.54, 1.807) is 0 Å². The molecule has 32 heavy (non-hydrogen) atoms. The summed E-state index contributed by atoms with van der Waals surface area (Å²) in [5.74, 6) is -15.9. The van der Waals surface area contributed by atoms with Crippen LogP contribution in [0.5, 0.6) is 0 Å². The third-order valence-corrected chi connectivity index (χ3v) is 3.28. The third-order valence-electron chi connectivity index (χ3n) is 3.28. The second-order valence-corrected chi connectivity index (χ2v) is 5.66. The van der Waals surface area contributed by atoms with E-state index in [2.05, 4.69) is 29.0 Å². The number of ether oxygens (including phenoxy) is 2. The van der Waals surface area contributed by atoms with Gasteiger partial charge in [-0.3, -0.25) is 0 Å². The Morgan fingerprint density at radius 1 is 0.969 bits per heavy atom. The molecule has 0 fully saturated rings. The van der Waals surface area contributed by atoms with Gasteiger partial charge in [0.15, 0.2) is 0 Å². The average molecular weight is 468 g/mol. The van der Waals surface area contributed by atoms with Crippen LogP contribution in [0.2, 0.25) is 0 Å². The molecule has 0 bridgehead atoms. The summed E-state index contributed by atoms with van der Waals surface area (Å²) in [6.07, 6.45) is -6.32. The molecule has 0 aromatic heterocycles. The number of aliphatic hydroxyl groups excluding tert-OH is 5. The van der Waals surface area contributed by atoms with Crippen LogP contribution in [-0.2, 0) is 57.8 Å². The van der Waals surface area contributed by atoms with Crippen molar-refractivity contribution in [1.29, 1.82) is 0 Å². The highest BCUT2D eigenvalue weighted by atomic mass is 17.2. The molecular formula is C15H16O17. The summed E-state index contributed by atoms with van der Waals surface area (Å²) in [7, 11) is 0. The van der Waals surface area contributed by atoms with Crippen LogP contribution >= 0.6 is 0 Å². The second kappa shape index (κ2) is 11.1. The van der Waals surface area contributed by atoms with Crippen molar-refractivity contribution in [3.05, 3.63) is 11.6 Å². The molecule has 5 N–H and O–H groups in total. The van der Waals surface area contributed by atoms with Crippen LogP contribution in [0.15, 0.2) is 11.6 Å². The zero-order valence-electron chi connectivity index (χ0n) is 15.9. The summed E-state index contributed by atoms with van der Waals surface area (Å²) in [5, 5.41) is 46.1. The zero-order chi connectivity index (χ0) is 24.6. The Labute approximate surface area is 176 Å². The lowest BCUT2D eigenvalue weighted by atomic mass is 10.0. The molecule has 0 aromatic carbocycles. The van der Waals surface area contributed by atoms with Gasteiger partial charge in [0.05, 0.1) is 12.2 Å². The molecule has 17 heteroatoms. The molecule has 0 amide bonds. The molecule has 0 aromatic rings. The maximum absolute atomic E-state index is 12.4. The van der Waals surface area contributed by atoms with Crippen molar-refractivity contribution in [3.8, 4) is 0 Å². The molecule has 1 heterocycles. The summed E-state index contributed by atoms with van der Waals surface area (Å²) in [6, 6.07) is 0. The first kappa shape index (κ1) is 26.4. The van der Waals surface area contributed by atoms with E-state index in [9.17, 15) is 44.1 Å². The van der Waals surface area contributed by atoms with E-state index in [0.717, 1.165) is 6.92 Å². The minimum atomic E-state index is -3.96. The highest BCUT2D eigenvalue weighted by molar-refractivity contribution is 6.06. The molecule has 4 unspecified atom stereocenters. The fourth-order valence-corrected chi connectivity index (χ4v) is 1.73. The SMILES string of the molecule is CC(O)C(=O)OC1(OC(=O)CO)C(=O)OOC(=O)/C=C(/C(O)C(O)CO)C(=O)OOC1=O. The van der Waals surface area contributed by atoms with Gasteiger partial charge in [0.25, 0.3) is 0 Å². The number of aliphatic hydroxyl groups is 5. The lowest BCUT2D eigenvalue weighted by Crippen LogP contribution is -2.57. The molecule has 178 valence electrons. The minimum Gasteiger partial charge on any atom is -0.401 e. The van der Waals surface area contributed by atoms with Crippen LogP contribution in [0.25, 0.3) is 0 Å². The number of carbonyl (C=O) groups is 6. The van der Waals surface area contributed by atoms with E-state index in [0.29, 0.717) is 0 Å². The van der Waals surface area contributed by atoms with Crippen molar-refractivity contribution in [1.82, 2.24) is 0 Å². The Balaban J connectivity index is 3.44. The Bertz CT molecular complexity index is 813. The van der Waals surface area contributed by atoms with Crippen molar-refractivity contribution in [2.24, 2.45) is 0 Å². The smallest absolute Gasteiger partial charge is 0.401 e. The molecule has 1 aliphatic heterocycles. The van der Waals surface area contributed by atoms with Crippen molar-refractivity contribution < 1.29 is 83.3 Å². The Kier molecular flexibility index (Phi) is 9.17. The van der Waals surface area contributed by atoms with Gasteiger partial charge in [0.2, 0.25) is 0 Å². The Morgan fingerprint density at radius 2 is 1.53 bits per heavy atom. The van der Waals surface area contributed by atoms with Crippen LogP contribution in [0.4, 0.5) is 0 Å². The first-order valence-corrected chi connectivity index (χ1v) is 8.18. The minimum absolute atomic E-state index is 0.0987. The normalized spacial score (nSPS) is 24.1. The summed E-state index contributed by atoms with van der Waals surface area (Å²) in [4.78, 5) is 87.5. The van der Waals surface area contributed by atoms with Gasteiger partial charge in [0.1, 0.15) is 24.9 Å². The maximum Gasteiger partial charge on any atom is 0.466 e. The van der Waals surface area contributed by atoms with Crippen LogP contribution in [-0.4, -0.2) is 98.7 Å². The van der Waals surface area contributed by atoms with Crippen LogP contribution in [0.3, 0.4) is 0 Å². The van der Waals surface area contributed by atoms with Gasteiger partial charge < -0.3 is 35.0 Å². The summed E-state index contributed by atoms with van der Waals surface area (Å²) in [6.45, 7) is -1.84. The second-order valence-electron chi connectivity index (χ2n) is 5.66. The molecule has 4 atom stereocenters. The highest BCUT2D eigenvalue weighted by Gasteiger charge is 2.61. The molecule has 0 radical (unpaired) electrons. The lowest BCUT2D eigenvalue weighted by molar-refractivity contribution is -0.310. The molecule has 1 aliphatic rings. The van der Waals surface area contributed by atoms with Gasteiger partial charge in [-0.2, -0.15) is 0 Å². The summed E-state index contributed by atoms with van der Waals surface area (Å²) < 4.78 is 8.53. The molecule has 17 nitrogen and oxygen atoms in total. The van der Waals surface area contributed by atoms with Crippen LogP contribution in [0, 0.1) is 0 Å². The standard InChI is InChI=1S/C15H16O17/c1-5(18)11(23)28-15(27-9(21)4-17)13(25)31-29-8(20)2-6(10(22)7(19)3-16)12(24)30-32-14(15)26/h2,5,7,10,16-19,22H,3-4H2,1H3/b6-2-. The topological polar surface area (TPSA) is 259 Å². The maximum atomic E-state index is 12.4. The fourth-order valence-electron chi connectivity index (χ4n) is 1.73. The molecule has 0 saturated heterocycles. The summed E-state index contributed by atoms with van der Waals surface area (Å²) >= 11 is 0. The van der Waals surface area contributed by atoms with Crippen molar-refractivity contribution in [2.45, 2.75) is 31.0 Å². The van der Waals surface area contributed by atoms with Gasteiger partial charge >= 0.3 is 41.6 Å². The Morgan fingerprint density at radius 3 is 2.03 bits per heavy atom. The van der Waals surface area contributed by atoms with Gasteiger partial charge in [-0.25, -0.2) is 48.3 Å². The molecular weight excluding hydrogens is 452 g/mol. The Hall–Kier alpha value is -3.64. The third kappa shape index (κ3) is 6.18. The van der Waals surface area contributed by atoms with Crippen molar-refractivity contribution in [2.75, 3.05) is 13.2 Å². The van der Waals surface area contributed by atoms with Crippen LogP contribution < -0.4 is 0 Å². The van der Waals surface area contributed by atoms with E-state index in [1.165, 1.54) is 0 Å². The van der Waals surface area contributed by atoms with Crippen molar-refractivity contribution >= 4 is 35.8 Å². The van der Waals surface area contributed by atoms with E-state index >= 15 is 0 Å². The molecule has 1 rings (SSSR count). The van der Waals surface area contributed by atoms with E-state index in [-0.39, 0.29) is 6.08 Å². The van der Waals surface area contributed by atoms with Gasteiger partial charge in [-0.15, -0.1) is 0 Å². The largest absolute Gasteiger partial charge is 0.466 e. The summed E-state index contributed by atoms with van der Waals surface area (Å²) in [5.41, 5.74) is -1.18. The van der Waals surface area contributed by atoms with E-state index in [4.69, 9.17) is 10.2 Å². The monoisotopic (exact) mass is 468 g/mol. The molecule has 0 spiro atoms. The van der Waals surface area contributed by atoms with E-state index in [1.807, 2.05) is 0 Å². The quantitative estimate of drug-likeness (QED) is 0.101. The highest BCUT2D eigenvalue weighted by Crippen LogP contribution is 2.22. The van der Waals surface area contributed by atoms with Crippen molar-refractivity contribution in [3.63, 3.8) is 0 Å². The van der Waals surface area contributed by atoms with Gasteiger partial charge in [-0.1, -0.05) is 0 Å². The predicted molar refractivity (Wildman–Crippen MR) is 85.2 cm³/mol. The number of hydrogen-bond acceptors (Lipinski definition) is 17. The number of esters is 2. The lowest BCUT2D eigenvalue weighted by Gasteiger charge is -2.26. The van der Waals surface area contributed by atoms with Gasteiger partial charge in [-0.05, 0) is 6.92 Å². The number of hydrogen-bond donors (Lipinski definition) is 5. The first-order chi connectivity index (χ1) is 14.9. The average Bonchev–Trinajstić information content (AvgIpc) is 2.77. The van der Waals surface area contributed by atoms with Crippen LogP contribution in [0.1, 0.15) is 6.92 Å². The van der Waals surface area contributed by atoms with Gasteiger partial charge in [0, 0.05) is 6.08 Å². The number of carbonyl (C=O) groups excluding carboxylic acids is 6. The fraction of sp³-hybridized carbons (Fsp3) is 0.467. The number of rotatable bonds is 7. The van der Waals surface area contributed by atoms with E-state index < -0.39 is 78.7 Å².